The molecule has 2 saturated heterocycles. The molecule has 2 aliphatic heterocycles. The fourth-order valence-corrected chi connectivity index (χ4v) is 7.43. The van der Waals surface area contributed by atoms with E-state index in [9.17, 15) is 14.4 Å². The maximum absolute atomic E-state index is 12.9. The van der Waals surface area contributed by atoms with Crippen LogP contribution in [0.4, 0.5) is 16.2 Å². The summed E-state index contributed by atoms with van der Waals surface area (Å²) in [6, 6.07) is 15.9. The zero-order chi connectivity index (χ0) is 39.1. The van der Waals surface area contributed by atoms with Crippen LogP contribution in [0.5, 0.6) is 0 Å². The lowest BCUT2D eigenvalue weighted by Gasteiger charge is -2.36. The summed E-state index contributed by atoms with van der Waals surface area (Å²) in [7, 11) is 0. The highest BCUT2D eigenvalue weighted by molar-refractivity contribution is 6.12. The van der Waals surface area contributed by atoms with Crippen LogP contribution in [0.15, 0.2) is 65.6 Å². The third-order valence-corrected chi connectivity index (χ3v) is 10.6. The molecule has 15 heteroatoms. The van der Waals surface area contributed by atoms with Crippen molar-refractivity contribution in [1.82, 2.24) is 45.6 Å². The molecule has 2 aliphatic rings. The van der Waals surface area contributed by atoms with E-state index in [4.69, 9.17) is 9.51 Å². The van der Waals surface area contributed by atoms with E-state index in [1.165, 1.54) is 0 Å². The molecule has 4 aromatic heterocycles. The van der Waals surface area contributed by atoms with Gasteiger partial charge >= 0.3 is 17.8 Å². The minimum absolute atomic E-state index is 0.0506. The lowest BCUT2D eigenvalue weighted by Crippen LogP contribution is -2.49. The monoisotopic (exact) mass is 755 g/mol. The topological polar surface area (TPSA) is 178 Å². The second-order valence-corrected chi connectivity index (χ2v) is 15.6. The second-order valence-electron chi connectivity index (χ2n) is 15.6. The van der Waals surface area contributed by atoms with Crippen LogP contribution in [0.2, 0.25) is 0 Å². The van der Waals surface area contributed by atoms with Crippen LogP contribution < -0.4 is 20.4 Å². The molecule has 15 nitrogen and oxygen atoms in total. The number of pyridine rings is 1. The van der Waals surface area contributed by atoms with Gasteiger partial charge < -0.3 is 19.7 Å². The largest absolute Gasteiger partial charge is 0.369 e. The molecule has 8 rings (SSSR count). The Balaban J connectivity index is 0.906. The molecule has 0 spiro atoms. The quantitative estimate of drug-likeness (QED) is 0.171. The van der Waals surface area contributed by atoms with Gasteiger partial charge in [0.25, 0.3) is 0 Å². The first kappa shape index (κ1) is 36.7. The van der Waals surface area contributed by atoms with Crippen LogP contribution in [0.3, 0.4) is 0 Å². The van der Waals surface area contributed by atoms with Gasteiger partial charge in [-0.25, -0.2) is 14.8 Å². The SMILES string of the molecule is Cc1cc(-c2ncnc3[nH]c4cc(N5CCN(CCc6ccc(N7CCC(=O)NC7=O)cn6)CC5)ccc4c23)ccc1[C@@H](C)NC(=O)c1nc(C(C)(C)C)no1. The molecule has 4 amide bonds. The number of urea groups is 1. The molecule has 0 bridgehead atoms. The van der Waals surface area contributed by atoms with Gasteiger partial charge in [0.2, 0.25) is 5.91 Å². The van der Waals surface area contributed by atoms with Crippen LogP contribution >= 0.6 is 0 Å². The summed E-state index contributed by atoms with van der Waals surface area (Å²) in [6.45, 7) is 14.8. The standard InChI is InChI=1S/C41H45N11O4/c1-24-20-26(6-10-30(24)25(2)45-37(54)38-48-39(49-56-38)41(3,4)5)35-34-31-11-9-28(21-32(31)46-36(34)44-23-43-35)51-18-16-50(17-19-51)14-12-27-7-8-29(22-42-27)52-15-13-33(53)47-40(52)55/h6-11,20-23,25H,12-19H2,1-5H3,(H,45,54)(H,43,44,46)(H,47,53,55)/t25-/m1/s1. The number of imide groups is 1. The van der Waals surface area contributed by atoms with Crippen molar-refractivity contribution in [3.8, 4) is 11.3 Å². The van der Waals surface area contributed by atoms with Crippen molar-refractivity contribution >= 4 is 51.2 Å². The van der Waals surface area contributed by atoms with Crippen molar-refractivity contribution in [2.24, 2.45) is 0 Å². The van der Waals surface area contributed by atoms with Gasteiger partial charge in [-0.2, -0.15) is 4.98 Å². The van der Waals surface area contributed by atoms with E-state index < -0.39 is 11.9 Å². The van der Waals surface area contributed by atoms with Gasteiger partial charge in [-0.3, -0.25) is 29.7 Å². The zero-order valence-corrected chi connectivity index (χ0v) is 32.2. The van der Waals surface area contributed by atoms with Gasteiger partial charge in [-0.1, -0.05) is 44.1 Å². The summed E-state index contributed by atoms with van der Waals surface area (Å²) in [5.74, 6) is -0.225. The normalized spacial score (nSPS) is 16.1. The summed E-state index contributed by atoms with van der Waals surface area (Å²) in [5, 5.41) is 11.3. The average Bonchev–Trinajstić information content (AvgIpc) is 3.84. The lowest BCUT2D eigenvalue weighted by molar-refractivity contribution is -0.120. The van der Waals surface area contributed by atoms with Crippen molar-refractivity contribution in [3.63, 3.8) is 0 Å². The van der Waals surface area contributed by atoms with Crippen molar-refractivity contribution in [2.45, 2.75) is 58.9 Å². The Bertz CT molecular complexity index is 2440. The highest BCUT2D eigenvalue weighted by Crippen LogP contribution is 2.35. The fourth-order valence-electron chi connectivity index (χ4n) is 7.43. The van der Waals surface area contributed by atoms with E-state index in [2.05, 4.69) is 69.8 Å². The summed E-state index contributed by atoms with van der Waals surface area (Å²) in [5.41, 5.74) is 8.07. The van der Waals surface area contributed by atoms with Crippen molar-refractivity contribution in [1.29, 1.82) is 0 Å². The number of rotatable bonds is 9. The van der Waals surface area contributed by atoms with Gasteiger partial charge in [-0.15, -0.1) is 0 Å². The molecule has 2 fully saturated rings. The Morgan fingerprint density at radius 2 is 1.77 bits per heavy atom. The molecule has 56 heavy (non-hydrogen) atoms. The number of nitrogens with one attached hydrogen (secondary N) is 3. The first-order chi connectivity index (χ1) is 26.9. The zero-order valence-electron chi connectivity index (χ0n) is 32.2. The first-order valence-electron chi connectivity index (χ1n) is 19.0. The van der Waals surface area contributed by atoms with E-state index in [0.717, 1.165) is 94.8 Å². The van der Waals surface area contributed by atoms with Crippen LogP contribution in [-0.2, 0) is 16.6 Å². The summed E-state index contributed by atoms with van der Waals surface area (Å²) >= 11 is 0. The Morgan fingerprint density at radius 3 is 2.48 bits per heavy atom. The Hall–Kier alpha value is -6.22. The molecular weight excluding hydrogens is 711 g/mol. The molecule has 6 aromatic rings. The minimum Gasteiger partial charge on any atom is -0.369 e. The molecule has 0 aliphatic carbocycles. The molecular formula is C41H45N11O4. The molecule has 1 atom stereocenters. The number of aromatic nitrogens is 6. The highest BCUT2D eigenvalue weighted by atomic mass is 16.5. The van der Waals surface area contributed by atoms with E-state index in [1.54, 1.807) is 17.4 Å². The number of carbonyl (C=O) groups is 3. The number of aromatic amines is 1. The van der Waals surface area contributed by atoms with Crippen LogP contribution in [0.1, 0.15) is 73.5 Å². The van der Waals surface area contributed by atoms with Gasteiger partial charge in [0.15, 0.2) is 5.82 Å². The Labute approximate surface area is 323 Å². The summed E-state index contributed by atoms with van der Waals surface area (Å²) in [6.07, 6.45) is 4.40. The van der Waals surface area contributed by atoms with Gasteiger partial charge in [-0.05, 0) is 55.3 Å². The van der Waals surface area contributed by atoms with E-state index in [-0.39, 0.29) is 29.7 Å². The average molecular weight is 756 g/mol. The number of amides is 4. The lowest BCUT2D eigenvalue weighted by atomic mass is 9.96. The molecule has 2 aromatic carbocycles. The number of hydrogen-bond acceptors (Lipinski definition) is 11. The van der Waals surface area contributed by atoms with E-state index >= 15 is 0 Å². The van der Waals surface area contributed by atoms with Crippen LogP contribution in [0, 0.1) is 6.92 Å². The maximum atomic E-state index is 12.9. The van der Waals surface area contributed by atoms with E-state index in [0.29, 0.717) is 18.1 Å². The predicted octanol–water partition coefficient (Wildman–Crippen LogP) is 5.46. The number of fused-ring (bicyclic) bond motifs is 3. The molecule has 0 radical (unpaired) electrons. The number of H-pyrrole nitrogens is 1. The van der Waals surface area contributed by atoms with Crippen molar-refractivity contribution < 1.29 is 18.9 Å². The molecule has 0 saturated carbocycles. The molecule has 288 valence electrons. The number of benzene rings is 2. The first-order valence-corrected chi connectivity index (χ1v) is 19.0. The third kappa shape index (κ3) is 7.41. The molecule has 6 heterocycles. The summed E-state index contributed by atoms with van der Waals surface area (Å²) in [4.78, 5) is 64.7. The van der Waals surface area contributed by atoms with Crippen molar-refractivity contribution in [2.75, 3.05) is 49.1 Å². The second kappa shape index (κ2) is 14.8. The van der Waals surface area contributed by atoms with Crippen LogP contribution in [-0.4, -0.2) is 92.1 Å². The maximum Gasteiger partial charge on any atom is 0.328 e. The Morgan fingerprint density at radius 1 is 0.964 bits per heavy atom. The minimum atomic E-state index is -0.412. The van der Waals surface area contributed by atoms with Crippen molar-refractivity contribution in [3.05, 3.63) is 89.6 Å². The number of piperazine rings is 1. The molecule has 0 unspecified atom stereocenters. The van der Waals surface area contributed by atoms with Gasteiger partial charge in [0.1, 0.15) is 12.0 Å². The number of hydrogen-bond donors (Lipinski definition) is 3. The fraction of sp³-hybridized carbons (Fsp3) is 0.366. The summed E-state index contributed by atoms with van der Waals surface area (Å²) < 4.78 is 5.24. The predicted molar refractivity (Wildman–Crippen MR) is 213 cm³/mol. The van der Waals surface area contributed by atoms with Gasteiger partial charge in [0, 0.05) is 85.4 Å². The number of anilines is 2. The van der Waals surface area contributed by atoms with Gasteiger partial charge in [0.05, 0.1) is 29.0 Å². The molecule has 3 N–H and O–H groups in total. The number of aryl methyl sites for hydroxylation is 1. The third-order valence-electron chi connectivity index (χ3n) is 10.6. The number of nitrogens with zero attached hydrogens (tertiary/aromatic N) is 8. The van der Waals surface area contributed by atoms with Crippen LogP contribution in [0.25, 0.3) is 33.2 Å². The number of carbonyl (C=O) groups excluding carboxylic acids is 3. The van der Waals surface area contributed by atoms with E-state index in [1.807, 2.05) is 58.9 Å². The smallest absolute Gasteiger partial charge is 0.328 e. The highest BCUT2D eigenvalue weighted by Gasteiger charge is 2.27. The Kier molecular flexibility index (Phi) is 9.70.